The molecule has 0 aromatic heterocycles. The van der Waals surface area contributed by atoms with Gasteiger partial charge in [0.15, 0.2) is 0 Å². The van der Waals surface area contributed by atoms with Crippen LogP contribution in [0.15, 0.2) is 97.1 Å². The first-order chi connectivity index (χ1) is 16.4. The third-order valence-electron chi connectivity index (χ3n) is 7.51. The van der Waals surface area contributed by atoms with Gasteiger partial charge in [-0.25, -0.2) is 0 Å². The fourth-order valence-electron chi connectivity index (χ4n) is 6.28. The Labute approximate surface area is 228 Å². The van der Waals surface area contributed by atoms with Gasteiger partial charge in [0, 0.05) is 44.1 Å². The molecule has 0 N–H and O–H groups in total. The van der Waals surface area contributed by atoms with E-state index in [0.29, 0.717) is 17.8 Å². The fourth-order valence-corrected chi connectivity index (χ4v) is 6.28. The van der Waals surface area contributed by atoms with E-state index in [1.54, 1.807) is 0 Å². The summed E-state index contributed by atoms with van der Waals surface area (Å²) >= 11 is 4.64. The third kappa shape index (κ3) is 4.16. The van der Waals surface area contributed by atoms with Crippen molar-refractivity contribution < 1.29 is 25.8 Å². The maximum absolute atomic E-state index is 4.64. The summed E-state index contributed by atoms with van der Waals surface area (Å²) in [4.78, 5) is 0. The first-order valence-electron chi connectivity index (χ1n) is 12.1. The maximum Gasteiger partial charge on any atom is 0.0139 e. The Bertz CT molecular complexity index is 1080. The predicted molar refractivity (Wildman–Crippen MR) is 142 cm³/mol. The Kier molecular flexibility index (Phi) is 8.27. The molecule has 0 saturated heterocycles. The zero-order valence-electron chi connectivity index (χ0n) is 20.0. The number of rotatable bonds is 5. The summed E-state index contributed by atoms with van der Waals surface area (Å²) in [6.07, 6.45) is 5.23. The van der Waals surface area contributed by atoms with Gasteiger partial charge in [-0.15, -0.1) is 11.6 Å². The first-order valence-corrected chi connectivity index (χ1v) is 12.9. The smallest absolute Gasteiger partial charge is 0.0139 e. The van der Waals surface area contributed by atoms with Gasteiger partial charge in [-0.1, -0.05) is 117 Å². The summed E-state index contributed by atoms with van der Waals surface area (Å²) in [5, 5.41) is 0. The van der Waals surface area contributed by atoms with Crippen molar-refractivity contribution in [1.82, 2.24) is 0 Å². The molecular weight excluding hydrogens is 598 g/mol. The van der Waals surface area contributed by atoms with Crippen LogP contribution in [-0.2, 0) is 25.8 Å². The number of benzene rings is 4. The molecule has 0 heterocycles. The maximum atomic E-state index is 4.64. The normalized spacial score (nSPS) is 13.3. The second-order valence-electron chi connectivity index (χ2n) is 9.11. The van der Waals surface area contributed by atoms with Crippen LogP contribution in [0.4, 0.5) is 0 Å². The number of hydrogen-bond donors (Lipinski definition) is 0. The van der Waals surface area contributed by atoms with E-state index >= 15 is 0 Å². The summed E-state index contributed by atoms with van der Waals surface area (Å²) in [5.74, 6) is 1.45. The number of halogens is 1. The minimum Gasteiger partial charge on any atom is -0.130 e. The Morgan fingerprint density at radius 1 is 0.559 bits per heavy atom. The predicted octanol–water partition coefficient (Wildman–Crippen LogP) is 9.27. The molecule has 0 nitrogen and oxygen atoms in total. The first kappa shape index (κ1) is 25.1. The van der Waals surface area contributed by atoms with Crippen molar-refractivity contribution in [3.05, 3.63) is 119 Å². The molecule has 0 bridgehead atoms. The molecule has 4 aromatic rings. The molecule has 2 aliphatic rings. The Hall–Kier alpha value is -1.96. The van der Waals surface area contributed by atoms with E-state index in [-0.39, 0.29) is 25.8 Å². The van der Waals surface area contributed by atoms with Gasteiger partial charge in [-0.05, 0) is 56.8 Å². The molecule has 0 fully saturated rings. The molecule has 0 atom stereocenters. The summed E-state index contributed by atoms with van der Waals surface area (Å²) in [6.45, 7) is 2.32. The Morgan fingerprint density at radius 3 is 1.15 bits per heavy atom. The molecule has 34 heavy (non-hydrogen) atoms. The Balaban J connectivity index is 0.000000890. The average molecular weight is 630 g/mol. The van der Waals surface area contributed by atoms with Crippen LogP contribution in [0, 0.1) is 5.92 Å². The van der Waals surface area contributed by atoms with Gasteiger partial charge < -0.3 is 0 Å². The summed E-state index contributed by atoms with van der Waals surface area (Å²) in [5.41, 5.74) is 11.8. The van der Waals surface area contributed by atoms with Crippen LogP contribution < -0.4 is 0 Å². The van der Waals surface area contributed by atoms with E-state index in [0.717, 1.165) is 0 Å². The molecule has 0 unspecified atom stereocenters. The van der Waals surface area contributed by atoms with Crippen molar-refractivity contribution in [2.45, 2.75) is 38.0 Å². The summed E-state index contributed by atoms with van der Waals surface area (Å²) < 4.78 is 0. The number of fused-ring (bicyclic) bond motifs is 6. The molecule has 0 spiro atoms. The van der Waals surface area contributed by atoms with Crippen LogP contribution in [0.1, 0.15) is 60.3 Å². The van der Waals surface area contributed by atoms with Crippen LogP contribution in [0.25, 0.3) is 22.3 Å². The van der Waals surface area contributed by atoms with Crippen LogP contribution in [0.5, 0.6) is 0 Å². The van der Waals surface area contributed by atoms with Gasteiger partial charge in [-0.3, -0.25) is 0 Å². The van der Waals surface area contributed by atoms with Gasteiger partial charge >= 0.3 is 0 Å². The minimum atomic E-state index is 0. The molecule has 0 amide bonds. The molecule has 6 rings (SSSR count). The quantitative estimate of drug-likeness (QED) is 0.153. The molecule has 2 heteroatoms. The molecule has 4 aromatic carbocycles. The summed E-state index contributed by atoms with van der Waals surface area (Å²) in [6, 6.07) is 36.5. The number of unbranched alkanes of at least 4 members (excludes halogenated alkanes) is 1. The van der Waals surface area contributed by atoms with Crippen LogP contribution in [0.2, 0.25) is 0 Å². The van der Waals surface area contributed by atoms with Crippen molar-refractivity contribution in [1.29, 1.82) is 0 Å². The number of alkyl halides is 1. The van der Waals surface area contributed by atoms with E-state index in [1.165, 1.54) is 70.2 Å². The fraction of sp³-hybridized carbons (Fsp3) is 0.250. The second kappa shape index (κ2) is 11.2. The van der Waals surface area contributed by atoms with Crippen molar-refractivity contribution in [3.63, 3.8) is 0 Å². The average Bonchev–Trinajstić information content (AvgIpc) is 3.40. The molecule has 170 valence electrons. The van der Waals surface area contributed by atoms with E-state index in [9.17, 15) is 0 Å². The molecule has 2 aliphatic carbocycles. The minimum absolute atomic E-state index is 0. The van der Waals surface area contributed by atoms with Crippen molar-refractivity contribution >= 4 is 11.6 Å². The molecule has 0 aliphatic heterocycles. The molecular formula is C32H31ClHf. The largest absolute Gasteiger partial charge is 0.130 e. The zero-order valence-corrected chi connectivity index (χ0v) is 24.3. The van der Waals surface area contributed by atoms with E-state index in [4.69, 9.17) is 0 Å². The van der Waals surface area contributed by atoms with Gasteiger partial charge in [-0.2, -0.15) is 0 Å². The monoisotopic (exact) mass is 630 g/mol. The van der Waals surface area contributed by atoms with Gasteiger partial charge in [0.25, 0.3) is 0 Å². The Morgan fingerprint density at radius 2 is 0.853 bits per heavy atom. The standard InChI is InChI=1S/C31H28.CH3Cl.Hf/c1-2-3-12-29(30-25-17-8-4-13-21(25)22-14-5-9-18-26(22)30)31-27-19-10-6-15-23(27)24-16-7-11-20-28(24)31;1-2;/h4-11,13-20,29-31H,2-3,12H2,1H3;1H3;. The van der Waals surface area contributed by atoms with Crippen molar-refractivity contribution in [3.8, 4) is 22.3 Å². The van der Waals surface area contributed by atoms with Gasteiger partial charge in [0.2, 0.25) is 0 Å². The van der Waals surface area contributed by atoms with E-state index in [1.807, 2.05) is 0 Å². The summed E-state index contributed by atoms with van der Waals surface area (Å²) in [7, 11) is 0. The van der Waals surface area contributed by atoms with Crippen molar-refractivity contribution in [2.24, 2.45) is 5.92 Å². The van der Waals surface area contributed by atoms with Crippen LogP contribution in [-0.4, -0.2) is 6.38 Å². The zero-order chi connectivity index (χ0) is 22.8. The number of hydrogen-bond acceptors (Lipinski definition) is 0. The second-order valence-corrected chi connectivity index (χ2v) is 9.11. The van der Waals surface area contributed by atoms with Crippen LogP contribution in [0.3, 0.4) is 0 Å². The topological polar surface area (TPSA) is 0 Å². The van der Waals surface area contributed by atoms with E-state index < -0.39 is 0 Å². The molecule has 0 radical (unpaired) electrons. The SMILES string of the molecule is CCCCC(C1c2ccccc2-c2ccccc21)C1c2ccccc2-c2ccccc21.CCl.[Hf]. The van der Waals surface area contributed by atoms with Crippen molar-refractivity contribution in [2.75, 3.05) is 6.38 Å². The van der Waals surface area contributed by atoms with Gasteiger partial charge in [0.1, 0.15) is 0 Å². The molecule has 0 saturated carbocycles. The van der Waals surface area contributed by atoms with Crippen LogP contribution >= 0.6 is 11.6 Å². The van der Waals surface area contributed by atoms with Gasteiger partial charge in [0.05, 0.1) is 0 Å². The van der Waals surface area contributed by atoms with E-state index in [2.05, 4.69) is 116 Å². The third-order valence-corrected chi connectivity index (χ3v) is 7.51.